The van der Waals surface area contributed by atoms with E-state index < -0.39 is 0 Å². The molecule has 4 rings (SSSR count). The van der Waals surface area contributed by atoms with Crippen LogP contribution in [0.2, 0.25) is 5.02 Å². The van der Waals surface area contributed by atoms with Crippen LogP contribution in [-0.4, -0.2) is 61.8 Å². The van der Waals surface area contributed by atoms with Gasteiger partial charge in [-0.1, -0.05) is 17.7 Å². The number of rotatable bonds is 6. The number of carbonyl (C=O) groups is 1. The minimum absolute atomic E-state index is 0.0275. The van der Waals surface area contributed by atoms with Gasteiger partial charge in [0.15, 0.2) is 11.5 Å². The molecule has 0 atom stereocenters. The van der Waals surface area contributed by atoms with Gasteiger partial charge in [0.2, 0.25) is 12.7 Å². The monoisotopic (exact) mass is 414 g/mol. The van der Waals surface area contributed by atoms with Crippen molar-refractivity contribution in [1.82, 2.24) is 9.80 Å². The molecule has 1 amide bonds. The molecule has 1 fully saturated rings. The minimum atomic E-state index is 0.0275. The Hall–Kier alpha value is -2.70. The summed E-state index contributed by atoms with van der Waals surface area (Å²) < 4.78 is 16.4. The van der Waals surface area contributed by atoms with Crippen molar-refractivity contribution >= 4 is 23.6 Å². The summed E-state index contributed by atoms with van der Waals surface area (Å²) >= 11 is 5.87. The Morgan fingerprint density at radius 3 is 2.59 bits per heavy atom. The number of ether oxygens (including phenoxy) is 3. The molecule has 0 bridgehead atoms. The van der Waals surface area contributed by atoms with Gasteiger partial charge < -0.3 is 19.1 Å². The molecule has 2 aliphatic heterocycles. The number of piperazine rings is 1. The highest BCUT2D eigenvalue weighted by Crippen LogP contribution is 2.32. The molecule has 0 saturated carbocycles. The van der Waals surface area contributed by atoms with E-state index in [1.54, 1.807) is 6.08 Å². The topological polar surface area (TPSA) is 51.2 Å². The van der Waals surface area contributed by atoms with Crippen LogP contribution in [0.4, 0.5) is 0 Å². The van der Waals surface area contributed by atoms with Crippen molar-refractivity contribution in [3.8, 4) is 17.2 Å². The summed E-state index contributed by atoms with van der Waals surface area (Å²) in [6.07, 6.45) is 3.44. The lowest BCUT2D eigenvalue weighted by molar-refractivity contribution is -0.127. The maximum absolute atomic E-state index is 12.5. The summed E-state index contributed by atoms with van der Waals surface area (Å²) in [6.45, 7) is 4.80. The van der Waals surface area contributed by atoms with Gasteiger partial charge in [-0.05, 0) is 48.0 Å². The van der Waals surface area contributed by atoms with E-state index in [4.69, 9.17) is 25.8 Å². The first kappa shape index (κ1) is 19.6. The number of hydrogen-bond acceptors (Lipinski definition) is 5. The van der Waals surface area contributed by atoms with Crippen molar-refractivity contribution in [2.24, 2.45) is 0 Å². The van der Waals surface area contributed by atoms with Crippen LogP contribution in [0.1, 0.15) is 5.56 Å². The van der Waals surface area contributed by atoms with Crippen molar-refractivity contribution in [3.05, 3.63) is 59.1 Å². The van der Waals surface area contributed by atoms with E-state index in [1.165, 1.54) is 0 Å². The SMILES string of the molecule is O=C(C=Cc1ccc2c(c1)OCO2)N1CCN(CCOc2ccc(Cl)cc2)CC1. The van der Waals surface area contributed by atoms with Crippen LogP contribution < -0.4 is 14.2 Å². The molecule has 2 aliphatic rings. The molecule has 7 heteroatoms. The van der Waals surface area contributed by atoms with Gasteiger partial charge >= 0.3 is 0 Å². The Labute approximate surface area is 175 Å². The Morgan fingerprint density at radius 1 is 1.03 bits per heavy atom. The second-order valence-electron chi connectivity index (χ2n) is 6.92. The largest absolute Gasteiger partial charge is 0.492 e. The van der Waals surface area contributed by atoms with Crippen LogP contribution in [0.3, 0.4) is 0 Å². The quantitative estimate of drug-likeness (QED) is 0.679. The van der Waals surface area contributed by atoms with E-state index in [9.17, 15) is 4.79 Å². The molecule has 0 aliphatic carbocycles. The van der Waals surface area contributed by atoms with Gasteiger partial charge in [-0.25, -0.2) is 0 Å². The fourth-order valence-electron chi connectivity index (χ4n) is 3.31. The molecule has 2 aromatic carbocycles. The molecule has 0 N–H and O–H groups in total. The molecule has 0 unspecified atom stereocenters. The predicted octanol–water partition coefficient (Wildman–Crippen LogP) is 3.31. The second kappa shape index (κ2) is 9.20. The number of nitrogens with zero attached hydrogens (tertiary/aromatic N) is 2. The number of benzene rings is 2. The highest BCUT2D eigenvalue weighted by Gasteiger charge is 2.19. The zero-order valence-corrected chi connectivity index (χ0v) is 16.8. The average Bonchev–Trinajstić information content (AvgIpc) is 3.22. The highest BCUT2D eigenvalue weighted by atomic mass is 35.5. The van der Waals surface area contributed by atoms with Gasteiger partial charge in [0, 0.05) is 43.8 Å². The maximum Gasteiger partial charge on any atom is 0.246 e. The van der Waals surface area contributed by atoms with E-state index in [0.717, 1.165) is 36.7 Å². The molecule has 1 saturated heterocycles. The Kier molecular flexibility index (Phi) is 6.22. The maximum atomic E-state index is 12.5. The molecule has 0 radical (unpaired) electrons. The van der Waals surface area contributed by atoms with E-state index >= 15 is 0 Å². The fraction of sp³-hybridized carbons (Fsp3) is 0.318. The van der Waals surface area contributed by atoms with Gasteiger partial charge in [0.05, 0.1) is 0 Å². The Balaban J connectivity index is 1.20. The minimum Gasteiger partial charge on any atom is -0.492 e. The van der Waals surface area contributed by atoms with Gasteiger partial charge in [-0.3, -0.25) is 9.69 Å². The normalized spacial score (nSPS) is 16.4. The first-order chi connectivity index (χ1) is 14.2. The lowest BCUT2D eigenvalue weighted by Gasteiger charge is -2.34. The summed E-state index contributed by atoms with van der Waals surface area (Å²) in [4.78, 5) is 16.6. The summed E-state index contributed by atoms with van der Waals surface area (Å²) in [5.74, 6) is 2.30. The van der Waals surface area contributed by atoms with Gasteiger partial charge in [0.25, 0.3) is 0 Å². The molecule has 6 nitrogen and oxygen atoms in total. The Morgan fingerprint density at radius 2 is 1.79 bits per heavy atom. The van der Waals surface area contributed by atoms with Crippen LogP contribution in [-0.2, 0) is 4.79 Å². The third-order valence-corrected chi connectivity index (χ3v) is 5.24. The van der Waals surface area contributed by atoms with E-state index in [1.807, 2.05) is 53.4 Å². The van der Waals surface area contributed by atoms with Crippen LogP contribution >= 0.6 is 11.6 Å². The van der Waals surface area contributed by atoms with Crippen molar-refractivity contribution in [1.29, 1.82) is 0 Å². The van der Waals surface area contributed by atoms with Crippen LogP contribution in [0.15, 0.2) is 48.5 Å². The summed E-state index contributed by atoms with van der Waals surface area (Å²) in [5.41, 5.74) is 0.917. The van der Waals surface area contributed by atoms with Gasteiger partial charge in [0.1, 0.15) is 12.4 Å². The molecular formula is C22H23ClN2O4. The summed E-state index contributed by atoms with van der Waals surface area (Å²) in [6, 6.07) is 13.0. The lowest BCUT2D eigenvalue weighted by Crippen LogP contribution is -2.49. The molecule has 2 heterocycles. The lowest BCUT2D eigenvalue weighted by atomic mass is 10.2. The van der Waals surface area contributed by atoms with Gasteiger partial charge in [-0.2, -0.15) is 0 Å². The molecule has 29 heavy (non-hydrogen) atoms. The smallest absolute Gasteiger partial charge is 0.246 e. The van der Waals surface area contributed by atoms with Crippen LogP contribution in [0, 0.1) is 0 Å². The number of amides is 1. The zero-order chi connectivity index (χ0) is 20.1. The predicted molar refractivity (Wildman–Crippen MR) is 112 cm³/mol. The number of hydrogen-bond donors (Lipinski definition) is 0. The molecule has 0 spiro atoms. The van der Waals surface area contributed by atoms with Gasteiger partial charge in [-0.15, -0.1) is 0 Å². The second-order valence-corrected chi connectivity index (χ2v) is 7.35. The Bertz CT molecular complexity index is 877. The van der Waals surface area contributed by atoms with Crippen molar-refractivity contribution in [2.45, 2.75) is 0 Å². The highest BCUT2D eigenvalue weighted by molar-refractivity contribution is 6.30. The number of halogens is 1. The van der Waals surface area contributed by atoms with Crippen molar-refractivity contribution in [2.75, 3.05) is 46.1 Å². The van der Waals surface area contributed by atoms with E-state index in [0.29, 0.717) is 30.5 Å². The third-order valence-electron chi connectivity index (χ3n) is 4.99. The fourth-order valence-corrected chi connectivity index (χ4v) is 3.43. The summed E-state index contributed by atoms with van der Waals surface area (Å²) in [5, 5.41) is 0.700. The number of carbonyl (C=O) groups excluding carboxylic acids is 1. The van der Waals surface area contributed by atoms with Crippen LogP contribution in [0.25, 0.3) is 6.08 Å². The first-order valence-electron chi connectivity index (χ1n) is 9.65. The third kappa shape index (κ3) is 5.22. The van der Waals surface area contributed by atoms with E-state index in [2.05, 4.69) is 4.90 Å². The van der Waals surface area contributed by atoms with Crippen molar-refractivity contribution < 1.29 is 19.0 Å². The average molecular weight is 415 g/mol. The standard InChI is InChI=1S/C22H23ClN2O4/c23-18-3-5-19(6-4-18)27-14-13-24-9-11-25(12-10-24)22(26)8-2-17-1-7-20-21(15-17)29-16-28-20/h1-8,15H,9-14,16H2. The molecular weight excluding hydrogens is 392 g/mol. The van der Waals surface area contributed by atoms with Crippen molar-refractivity contribution in [3.63, 3.8) is 0 Å². The zero-order valence-electron chi connectivity index (χ0n) is 16.1. The first-order valence-corrected chi connectivity index (χ1v) is 10.0. The molecule has 0 aromatic heterocycles. The number of fused-ring (bicyclic) bond motifs is 1. The molecule has 152 valence electrons. The summed E-state index contributed by atoms with van der Waals surface area (Å²) in [7, 11) is 0. The van der Waals surface area contributed by atoms with E-state index in [-0.39, 0.29) is 12.7 Å². The molecule has 2 aromatic rings. The van der Waals surface area contributed by atoms with Crippen LogP contribution in [0.5, 0.6) is 17.2 Å².